The summed E-state index contributed by atoms with van der Waals surface area (Å²) >= 11 is 0. The summed E-state index contributed by atoms with van der Waals surface area (Å²) in [6, 6.07) is 7.14. The van der Waals surface area contributed by atoms with Crippen molar-refractivity contribution in [1.29, 1.82) is 0 Å². The zero-order chi connectivity index (χ0) is 14.6. The molecule has 4 nitrogen and oxygen atoms in total. The van der Waals surface area contributed by atoms with Crippen LogP contribution in [0, 0.1) is 0 Å². The molecule has 0 saturated heterocycles. The summed E-state index contributed by atoms with van der Waals surface area (Å²) in [6.07, 6.45) is 4.21. The quantitative estimate of drug-likeness (QED) is 0.783. The average Bonchev–Trinajstić information content (AvgIpc) is 2.53. The van der Waals surface area contributed by atoms with E-state index >= 15 is 0 Å². The lowest BCUT2D eigenvalue weighted by Crippen LogP contribution is -2.35. The zero-order valence-electron chi connectivity index (χ0n) is 12.2. The maximum atomic E-state index is 12.7. The van der Waals surface area contributed by atoms with Gasteiger partial charge in [-0.2, -0.15) is 0 Å². The molecular weight excluding hydrogens is 272 g/mol. The van der Waals surface area contributed by atoms with Gasteiger partial charge in [0.1, 0.15) is 5.84 Å². The molecule has 1 aromatic carbocycles. The number of sulfonamides is 1. The Bertz CT molecular complexity index is 594. The molecule has 0 spiro atoms. The molecule has 5 heteroatoms. The number of unbranched alkanes of at least 4 members (excludes halogenated alkanes) is 3. The molecule has 0 N–H and O–H groups in total. The van der Waals surface area contributed by atoms with Gasteiger partial charge in [-0.05, 0) is 25.0 Å². The fraction of sp³-hybridized carbons (Fsp3) is 0.533. The highest BCUT2D eigenvalue weighted by atomic mass is 32.2. The van der Waals surface area contributed by atoms with E-state index in [0.29, 0.717) is 23.8 Å². The number of hydrogen-bond donors (Lipinski definition) is 0. The van der Waals surface area contributed by atoms with Crippen LogP contribution in [0.15, 0.2) is 34.2 Å². The lowest BCUT2D eigenvalue weighted by atomic mass is 10.2. The minimum absolute atomic E-state index is 0.399. The first-order chi connectivity index (χ1) is 9.57. The van der Waals surface area contributed by atoms with Crippen LogP contribution < -0.4 is 0 Å². The predicted molar refractivity (Wildman–Crippen MR) is 81.3 cm³/mol. The molecule has 20 heavy (non-hydrogen) atoms. The van der Waals surface area contributed by atoms with Gasteiger partial charge in [0.25, 0.3) is 10.0 Å². The smallest absolute Gasteiger partial charge is 0.265 e. The first-order valence-corrected chi connectivity index (χ1v) is 8.63. The van der Waals surface area contributed by atoms with Crippen LogP contribution in [0.25, 0.3) is 0 Å². The Labute approximate surface area is 121 Å². The van der Waals surface area contributed by atoms with Crippen LogP contribution in [0.2, 0.25) is 0 Å². The summed E-state index contributed by atoms with van der Waals surface area (Å²) < 4.78 is 27.0. The topological polar surface area (TPSA) is 49.7 Å². The van der Waals surface area contributed by atoms with E-state index in [0.717, 1.165) is 31.2 Å². The molecular formula is C15H22N2O2S. The highest BCUT2D eigenvalue weighted by Crippen LogP contribution is 2.25. The van der Waals surface area contributed by atoms with Crippen LogP contribution in [0.5, 0.6) is 0 Å². The Morgan fingerprint density at radius 1 is 1.20 bits per heavy atom. The molecule has 0 fully saturated rings. The van der Waals surface area contributed by atoms with Crippen molar-refractivity contribution < 1.29 is 8.42 Å². The van der Waals surface area contributed by atoms with E-state index in [1.807, 2.05) is 12.1 Å². The minimum Gasteiger partial charge on any atom is -0.267 e. The Morgan fingerprint density at radius 2 is 1.95 bits per heavy atom. The van der Waals surface area contributed by atoms with Gasteiger partial charge in [0.15, 0.2) is 0 Å². The van der Waals surface area contributed by atoms with Crippen LogP contribution in [0.1, 0.15) is 45.1 Å². The molecule has 1 heterocycles. The van der Waals surface area contributed by atoms with Gasteiger partial charge in [-0.3, -0.25) is 9.30 Å². The van der Waals surface area contributed by atoms with E-state index in [1.165, 1.54) is 4.31 Å². The normalized spacial score (nSPS) is 17.3. The number of benzene rings is 1. The van der Waals surface area contributed by atoms with Crippen LogP contribution >= 0.6 is 0 Å². The van der Waals surface area contributed by atoms with Gasteiger partial charge in [-0.1, -0.05) is 44.4 Å². The van der Waals surface area contributed by atoms with E-state index < -0.39 is 10.0 Å². The van der Waals surface area contributed by atoms with Crippen LogP contribution in [0.3, 0.4) is 0 Å². The van der Waals surface area contributed by atoms with Crippen molar-refractivity contribution in [2.45, 2.75) is 51.0 Å². The second-order valence-electron chi connectivity index (χ2n) is 5.11. The van der Waals surface area contributed by atoms with E-state index in [2.05, 4.69) is 11.9 Å². The number of aliphatic imine (C=N–C) groups is 1. The van der Waals surface area contributed by atoms with Crippen molar-refractivity contribution in [2.75, 3.05) is 6.54 Å². The third-order valence-corrected chi connectivity index (χ3v) is 5.58. The van der Waals surface area contributed by atoms with Gasteiger partial charge in [-0.15, -0.1) is 0 Å². The van der Waals surface area contributed by atoms with E-state index in [-0.39, 0.29) is 0 Å². The second kappa shape index (κ2) is 6.39. The highest BCUT2D eigenvalue weighted by Gasteiger charge is 2.29. The Hall–Kier alpha value is -1.36. The summed E-state index contributed by atoms with van der Waals surface area (Å²) in [5.74, 6) is 0.595. The Kier molecular flexibility index (Phi) is 4.81. The van der Waals surface area contributed by atoms with Crippen LogP contribution in [-0.4, -0.2) is 25.1 Å². The van der Waals surface area contributed by atoms with Gasteiger partial charge < -0.3 is 0 Å². The molecule has 1 aliphatic heterocycles. The predicted octanol–water partition coefficient (Wildman–Crippen LogP) is 3.19. The summed E-state index contributed by atoms with van der Waals surface area (Å²) in [5, 5.41) is 0. The van der Waals surface area contributed by atoms with Crippen molar-refractivity contribution in [3.63, 3.8) is 0 Å². The number of nitrogens with zero attached hydrogens (tertiary/aromatic N) is 2. The van der Waals surface area contributed by atoms with Crippen molar-refractivity contribution in [1.82, 2.24) is 4.31 Å². The fourth-order valence-corrected chi connectivity index (χ4v) is 4.15. The molecule has 1 aliphatic rings. The lowest BCUT2D eigenvalue weighted by Gasteiger charge is -2.22. The summed E-state index contributed by atoms with van der Waals surface area (Å²) in [4.78, 5) is 4.80. The number of hydrogen-bond acceptors (Lipinski definition) is 3. The number of fused-ring (bicyclic) bond motifs is 1. The lowest BCUT2D eigenvalue weighted by molar-refractivity contribution is 0.500. The van der Waals surface area contributed by atoms with Gasteiger partial charge in [0, 0.05) is 6.54 Å². The van der Waals surface area contributed by atoms with Crippen molar-refractivity contribution in [3.05, 3.63) is 29.8 Å². The molecule has 110 valence electrons. The van der Waals surface area contributed by atoms with Crippen molar-refractivity contribution in [2.24, 2.45) is 4.99 Å². The molecule has 0 unspecified atom stereocenters. The zero-order valence-corrected chi connectivity index (χ0v) is 13.0. The molecule has 0 saturated carbocycles. The summed E-state index contributed by atoms with van der Waals surface area (Å²) in [7, 11) is -3.45. The van der Waals surface area contributed by atoms with Gasteiger partial charge in [-0.25, -0.2) is 8.42 Å². The standard InChI is InChI=1S/C15H22N2O2S/c1-3-4-5-8-11-17-13(2)16-12-14-9-6-7-10-15(14)20(17,18)19/h6-7,9-10H,3-5,8,11-12H2,1-2H3. The van der Waals surface area contributed by atoms with E-state index in [1.54, 1.807) is 19.1 Å². The SMILES string of the molecule is CCCCCCN1C(C)=NCc2ccccc2S1(=O)=O. The monoisotopic (exact) mass is 294 g/mol. The largest absolute Gasteiger partial charge is 0.267 e. The Balaban J connectivity index is 2.27. The summed E-state index contributed by atoms with van der Waals surface area (Å²) in [6.45, 7) is 4.88. The molecule has 0 amide bonds. The number of amidine groups is 1. The van der Waals surface area contributed by atoms with Gasteiger partial charge in [0.05, 0.1) is 11.4 Å². The van der Waals surface area contributed by atoms with Gasteiger partial charge in [0.2, 0.25) is 0 Å². The van der Waals surface area contributed by atoms with E-state index in [4.69, 9.17) is 0 Å². The molecule has 0 bridgehead atoms. The second-order valence-corrected chi connectivity index (χ2v) is 6.94. The minimum atomic E-state index is -3.45. The maximum absolute atomic E-state index is 12.7. The highest BCUT2D eigenvalue weighted by molar-refractivity contribution is 7.89. The molecule has 0 aliphatic carbocycles. The first kappa shape index (κ1) is 15.0. The third-order valence-electron chi connectivity index (χ3n) is 3.59. The van der Waals surface area contributed by atoms with Crippen molar-refractivity contribution >= 4 is 15.9 Å². The third kappa shape index (κ3) is 3.03. The molecule has 1 aromatic rings. The van der Waals surface area contributed by atoms with Crippen LogP contribution in [0.4, 0.5) is 0 Å². The fourth-order valence-electron chi connectivity index (χ4n) is 2.42. The van der Waals surface area contributed by atoms with Gasteiger partial charge >= 0.3 is 0 Å². The maximum Gasteiger partial charge on any atom is 0.265 e. The molecule has 0 radical (unpaired) electrons. The van der Waals surface area contributed by atoms with Crippen LogP contribution in [-0.2, 0) is 16.6 Å². The molecule has 2 rings (SSSR count). The Morgan fingerprint density at radius 3 is 2.70 bits per heavy atom. The number of rotatable bonds is 5. The molecule has 0 aromatic heterocycles. The average molecular weight is 294 g/mol. The first-order valence-electron chi connectivity index (χ1n) is 7.19. The molecule has 0 atom stereocenters. The summed E-state index contributed by atoms with van der Waals surface area (Å²) in [5.41, 5.74) is 0.780. The van der Waals surface area contributed by atoms with Crippen molar-refractivity contribution in [3.8, 4) is 0 Å². The van der Waals surface area contributed by atoms with E-state index in [9.17, 15) is 8.42 Å².